The number of hydrogen-bond donors (Lipinski definition) is 1. The molecule has 1 atom stereocenters. The normalized spacial score (nSPS) is 20.1. The van der Waals surface area contributed by atoms with Crippen LogP contribution in [0.1, 0.15) is 29.9 Å². The van der Waals surface area contributed by atoms with Gasteiger partial charge in [-0.1, -0.05) is 18.2 Å². The first-order valence-corrected chi connectivity index (χ1v) is 8.51. The molecule has 0 saturated carbocycles. The van der Waals surface area contributed by atoms with E-state index in [0.29, 0.717) is 24.7 Å². The SMILES string of the molecule is O=C(N1CCC(c2cccnc2)C1)N1CCCc2cccc(O)c21. The minimum absolute atomic E-state index is 0.00356. The Labute approximate surface area is 141 Å². The lowest BCUT2D eigenvalue weighted by atomic mass is 10.0. The van der Waals surface area contributed by atoms with Crippen molar-refractivity contribution in [3.8, 4) is 5.75 Å². The number of amides is 2. The van der Waals surface area contributed by atoms with Crippen molar-refractivity contribution in [3.05, 3.63) is 53.9 Å². The molecular weight excluding hydrogens is 302 g/mol. The number of fused-ring (bicyclic) bond motifs is 1. The first-order chi connectivity index (χ1) is 11.7. The number of aromatic nitrogens is 1. The van der Waals surface area contributed by atoms with Gasteiger partial charge >= 0.3 is 6.03 Å². The smallest absolute Gasteiger partial charge is 0.324 e. The van der Waals surface area contributed by atoms with Crippen molar-refractivity contribution < 1.29 is 9.90 Å². The third-order valence-electron chi connectivity index (χ3n) is 5.04. The summed E-state index contributed by atoms with van der Waals surface area (Å²) >= 11 is 0. The Hall–Kier alpha value is -2.56. The summed E-state index contributed by atoms with van der Waals surface area (Å²) in [6, 6.07) is 9.52. The number of carbonyl (C=O) groups excluding carboxylic acids is 1. The lowest BCUT2D eigenvalue weighted by molar-refractivity contribution is 0.214. The molecule has 3 heterocycles. The number of aromatic hydroxyl groups is 1. The van der Waals surface area contributed by atoms with Crippen molar-refractivity contribution in [1.82, 2.24) is 9.88 Å². The highest BCUT2D eigenvalue weighted by molar-refractivity contribution is 5.95. The van der Waals surface area contributed by atoms with Gasteiger partial charge in [-0.15, -0.1) is 0 Å². The van der Waals surface area contributed by atoms with Crippen LogP contribution in [0.3, 0.4) is 0 Å². The minimum atomic E-state index is 0.00356. The number of phenolic OH excluding ortho intramolecular Hbond substituents is 1. The van der Waals surface area contributed by atoms with E-state index in [1.165, 1.54) is 5.56 Å². The summed E-state index contributed by atoms with van der Waals surface area (Å²) in [5.74, 6) is 0.542. The monoisotopic (exact) mass is 323 g/mol. The molecule has 2 aromatic rings. The molecule has 1 aromatic carbocycles. The van der Waals surface area contributed by atoms with Gasteiger partial charge in [-0.3, -0.25) is 9.88 Å². The zero-order chi connectivity index (χ0) is 16.5. The van der Waals surface area contributed by atoms with E-state index < -0.39 is 0 Å². The molecule has 2 aliphatic rings. The highest BCUT2D eigenvalue weighted by Crippen LogP contribution is 2.37. The average molecular weight is 323 g/mol. The van der Waals surface area contributed by atoms with E-state index in [-0.39, 0.29) is 11.8 Å². The van der Waals surface area contributed by atoms with Gasteiger partial charge in [-0.05, 0) is 42.5 Å². The molecular formula is C19H21N3O2. The van der Waals surface area contributed by atoms with Crippen molar-refractivity contribution in [2.45, 2.75) is 25.2 Å². The number of anilines is 1. The van der Waals surface area contributed by atoms with Crippen molar-refractivity contribution >= 4 is 11.7 Å². The van der Waals surface area contributed by atoms with Crippen LogP contribution in [0.2, 0.25) is 0 Å². The van der Waals surface area contributed by atoms with Gasteiger partial charge in [0.25, 0.3) is 0 Å². The summed E-state index contributed by atoms with van der Waals surface area (Å²) in [4.78, 5) is 20.9. The quantitative estimate of drug-likeness (QED) is 0.877. The maximum Gasteiger partial charge on any atom is 0.324 e. The van der Waals surface area contributed by atoms with E-state index in [4.69, 9.17) is 0 Å². The molecule has 0 bridgehead atoms. The highest BCUT2D eigenvalue weighted by atomic mass is 16.3. The van der Waals surface area contributed by atoms with E-state index >= 15 is 0 Å². The number of aryl methyl sites for hydroxylation is 1. The summed E-state index contributed by atoms with van der Waals surface area (Å²) in [5.41, 5.74) is 2.94. The first kappa shape index (κ1) is 15.0. The standard InChI is InChI=1S/C19H21N3O2/c23-17-7-1-4-14-6-3-10-22(18(14)17)19(24)21-11-8-16(13-21)15-5-2-9-20-12-15/h1-2,4-5,7,9,12,16,23H,3,6,8,10-11,13H2. The van der Waals surface area contributed by atoms with Gasteiger partial charge in [0.1, 0.15) is 5.75 Å². The lowest BCUT2D eigenvalue weighted by Crippen LogP contribution is -2.44. The van der Waals surface area contributed by atoms with Gasteiger partial charge in [-0.2, -0.15) is 0 Å². The Kier molecular flexibility index (Phi) is 3.84. The molecule has 2 aliphatic heterocycles. The average Bonchev–Trinajstić information content (AvgIpc) is 3.12. The molecule has 1 N–H and O–H groups in total. The number of hydrogen-bond acceptors (Lipinski definition) is 3. The summed E-state index contributed by atoms with van der Waals surface area (Å²) in [5, 5.41) is 10.2. The summed E-state index contributed by atoms with van der Waals surface area (Å²) in [7, 11) is 0. The van der Waals surface area contributed by atoms with E-state index in [0.717, 1.165) is 31.4 Å². The zero-order valence-electron chi connectivity index (χ0n) is 13.6. The Morgan fingerprint density at radius 2 is 2.12 bits per heavy atom. The Morgan fingerprint density at radius 3 is 2.96 bits per heavy atom. The Bertz CT molecular complexity index is 748. The molecule has 1 unspecified atom stereocenters. The number of para-hydroxylation sites is 1. The second-order valence-corrected chi connectivity index (χ2v) is 6.54. The minimum Gasteiger partial charge on any atom is -0.506 e. The molecule has 1 saturated heterocycles. The molecule has 5 nitrogen and oxygen atoms in total. The highest BCUT2D eigenvalue weighted by Gasteiger charge is 2.33. The molecule has 0 radical (unpaired) electrons. The molecule has 1 fully saturated rings. The van der Waals surface area contributed by atoms with Crippen LogP contribution in [-0.2, 0) is 6.42 Å². The van der Waals surface area contributed by atoms with Crippen molar-refractivity contribution in [2.24, 2.45) is 0 Å². The molecule has 5 heteroatoms. The lowest BCUT2D eigenvalue weighted by Gasteiger charge is -2.33. The molecule has 124 valence electrons. The van der Waals surface area contributed by atoms with Crippen LogP contribution in [0.4, 0.5) is 10.5 Å². The maximum atomic E-state index is 13.0. The van der Waals surface area contributed by atoms with Crippen LogP contribution in [-0.4, -0.2) is 40.7 Å². The number of phenols is 1. The fraction of sp³-hybridized carbons (Fsp3) is 0.368. The summed E-state index contributed by atoms with van der Waals surface area (Å²) in [6.07, 6.45) is 6.46. The number of nitrogens with zero attached hydrogens (tertiary/aromatic N) is 3. The van der Waals surface area contributed by atoms with E-state index in [9.17, 15) is 9.90 Å². The van der Waals surface area contributed by atoms with Crippen LogP contribution < -0.4 is 4.90 Å². The van der Waals surface area contributed by atoms with Crippen LogP contribution in [0.25, 0.3) is 0 Å². The number of pyridine rings is 1. The second kappa shape index (κ2) is 6.15. The topological polar surface area (TPSA) is 56.7 Å². The number of carbonyl (C=O) groups is 1. The van der Waals surface area contributed by atoms with Gasteiger partial charge in [0.05, 0.1) is 5.69 Å². The first-order valence-electron chi connectivity index (χ1n) is 8.51. The summed E-state index contributed by atoms with van der Waals surface area (Å²) < 4.78 is 0. The van der Waals surface area contributed by atoms with Gasteiger partial charge in [0.15, 0.2) is 0 Å². The number of urea groups is 1. The predicted octanol–water partition coefficient (Wildman–Crippen LogP) is 3.15. The predicted molar refractivity (Wildman–Crippen MR) is 92.3 cm³/mol. The zero-order valence-corrected chi connectivity index (χ0v) is 13.6. The molecule has 0 spiro atoms. The second-order valence-electron chi connectivity index (χ2n) is 6.54. The molecule has 2 amide bonds. The summed E-state index contributed by atoms with van der Waals surface area (Å²) in [6.45, 7) is 2.12. The van der Waals surface area contributed by atoms with Crippen LogP contribution >= 0.6 is 0 Å². The van der Waals surface area contributed by atoms with Crippen LogP contribution in [0.5, 0.6) is 5.75 Å². The number of rotatable bonds is 1. The van der Waals surface area contributed by atoms with Crippen molar-refractivity contribution in [3.63, 3.8) is 0 Å². The molecule has 24 heavy (non-hydrogen) atoms. The van der Waals surface area contributed by atoms with Gasteiger partial charge < -0.3 is 10.0 Å². The van der Waals surface area contributed by atoms with Crippen LogP contribution in [0.15, 0.2) is 42.7 Å². The van der Waals surface area contributed by atoms with E-state index in [2.05, 4.69) is 11.1 Å². The molecule has 1 aromatic heterocycles. The number of likely N-dealkylation sites (tertiary alicyclic amines) is 1. The van der Waals surface area contributed by atoms with Crippen LogP contribution in [0, 0.1) is 0 Å². The van der Waals surface area contributed by atoms with Gasteiger partial charge in [-0.25, -0.2) is 4.79 Å². The number of benzene rings is 1. The Balaban J connectivity index is 1.54. The third kappa shape index (κ3) is 2.60. The largest absolute Gasteiger partial charge is 0.506 e. The fourth-order valence-corrected chi connectivity index (χ4v) is 3.82. The Morgan fingerprint density at radius 1 is 1.21 bits per heavy atom. The van der Waals surface area contributed by atoms with Crippen molar-refractivity contribution in [2.75, 3.05) is 24.5 Å². The molecule has 4 rings (SSSR count). The fourth-order valence-electron chi connectivity index (χ4n) is 3.82. The maximum absolute atomic E-state index is 13.0. The van der Waals surface area contributed by atoms with Gasteiger partial charge in [0.2, 0.25) is 0 Å². The van der Waals surface area contributed by atoms with Gasteiger partial charge in [0, 0.05) is 37.9 Å². The van der Waals surface area contributed by atoms with E-state index in [1.807, 2.05) is 29.3 Å². The third-order valence-corrected chi connectivity index (χ3v) is 5.04. The van der Waals surface area contributed by atoms with Crippen molar-refractivity contribution in [1.29, 1.82) is 0 Å². The van der Waals surface area contributed by atoms with E-state index in [1.54, 1.807) is 17.2 Å². The molecule has 0 aliphatic carbocycles.